The Labute approximate surface area is 103 Å². The molecule has 3 N–H and O–H groups in total. The number of phenolic OH excluding ortho intramolecular Hbond substituents is 2. The molecule has 1 amide bonds. The van der Waals surface area contributed by atoms with Crippen molar-refractivity contribution in [1.29, 1.82) is 0 Å². The van der Waals surface area contributed by atoms with Crippen molar-refractivity contribution in [3.05, 3.63) is 48.0 Å². The van der Waals surface area contributed by atoms with E-state index in [2.05, 4.69) is 15.3 Å². The van der Waals surface area contributed by atoms with Gasteiger partial charge in [-0.15, -0.1) is 0 Å². The Morgan fingerprint density at radius 2 is 2.06 bits per heavy atom. The molecule has 0 atom stereocenters. The molecule has 0 radical (unpaired) electrons. The lowest BCUT2D eigenvalue weighted by atomic mass is 10.2. The summed E-state index contributed by atoms with van der Waals surface area (Å²) in [5, 5.41) is 21.1. The average Bonchev–Trinajstić information content (AvgIpc) is 2.40. The molecule has 92 valence electrons. The van der Waals surface area contributed by atoms with Gasteiger partial charge in [0, 0.05) is 11.8 Å². The fraction of sp³-hybridized carbons (Fsp3) is 0.0833. The first-order chi connectivity index (χ1) is 8.66. The quantitative estimate of drug-likeness (QED) is 0.696. The average molecular weight is 245 g/mol. The number of carbonyl (C=O) groups excluding carboxylic acids is 1. The molecule has 0 aliphatic rings. The number of carbonyl (C=O) groups is 1. The van der Waals surface area contributed by atoms with Crippen LogP contribution in [-0.4, -0.2) is 26.1 Å². The molecule has 0 saturated heterocycles. The van der Waals surface area contributed by atoms with Gasteiger partial charge in [-0.1, -0.05) is 0 Å². The van der Waals surface area contributed by atoms with E-state index in [1.807, 2.05) is 0 Å². The Morgan fingerprint density at radius 1 is 1.22 bits per heavy atom. The fourth-order valence-electron chi connectivity index (χ4n) is 1.36. The minimum Gasteiger partial charge on any atom is -0.504 e. The number of phenols is 2. The van der Waals surface area contributed by atoms with Crippen LogP contribution in [0.25, 0.3) is 0 Å². The van der Waals surface area contributed by atoms with Crippen LogP contribution in [0.15, 0.2) is 36.8 Å². The zero-order valence-electron chi connectivity index (χ0n) is 9.37. The Balaban J connectivity index is 2.02. The lowest BCUT2D eigenvalue weighted by Gasteiger charge is -2.05. The molecule has 0 aliphatic carbocycles. The molecule has 1 heterocycles. The van der Waals surface area contributed by atoms with Crippen LogP contribution in [0, 0.1) is 0 Å². The Bertz CT molecular complexity index is 558. The summed E-state index contributed by atoms with van der Waals surface area (Å²) in [5.41, 5.74) is 0.945. The topological polar surface area (TPSA) is 95.3 Å². The predicted octanol–water partition coefficient (Wildman–Crippen LogP) is 0.818. The van der Waals surface area contributed by atoms with Crippen LogP contribution >= 0.6 is 0 Å². The number of rotatable bonds is 3. The molecule has 0 spiro atoms. The Morgan fingerprint density at radius 3 is 2.72 bits per heavy atom. The molecule has 0 fully saturated rings. The molecule has 6 nitrogen and oxygen atoms in total. The number of aromatic hydroxyl groups is 2. The van der Waals surface area contributed by atoms with Crippen molar-refractivity contribution >= 4 is 5.91 Å². The first kappa shape index (κ1) is 11.8. The van der Waals surface area contributed by atoms with E-state index in [0.29, 0.717) is 5.69 Å². The van der Waals surface area contributed by atoms with Gasteiger partial charge in [-0.05, 0) is 24.3 Å². The van der Waals surface area contributed by atoms with Crippen molar-refractivity contribution in [3.8, 4) is 11.5 Å². The van der Waals surface area contributed by atoms with E-state index in [9.17, 15) is 9.90 Å². The number of aromatic nitrogens is 2. The summed E-state index contributed by atoms with van der Waals surface area (Å²) in [6.07, 6.45) is 2.98. The van der Waals surface area contributed by atoms with Crippen molar-refractivity contribution in [2.75, 3.05) is 0 Å². The van der Waals surface area contributed by atoms with Crippen LogP contribution in [-0.2, 0) is 6.54 Å². The number of hydrogen-bond acceptors (Lipinski definition) is 5. The molecule has 0 bridgehead atoms. The highest BCUT2D eigenvalue weighted by Crippen LogP contribution is 2.24. The third-order valence-electron chi connectivity index (χ3n) is 2.31. The first-order valence-electron chi connectivity index (χ1n) is 5.22. The molecule has 1 aromatic heterocycles. The molecule has 6 heteroatoms. The Kier molecular flexibility index (Phi) is 3.38. The minimum atomic E-state index is -0.357. The lowest BCUT2D eigenvalue weighted by Crippen LogP contribution is -2.23. The fourth-order valence-corrected chi connectivity index (χ4v) is 1.36. The van der Waals surface area contributed by atoms with Crippen molar-refractivity contribution in [1.82, 2.24) is 15.3 Å². The molecule has 2 aromatic rings. The number of nitrogens with one attached hydrogen (secondary N) is 1. The number of hydrogen-bond donors (Lipinski definition) is 3. The monoisotopic (exact) mass is 245 g/mol. The highest BCUT2D eigenvalue weighted by molar-refractivity contribution is 5.94. The van der Waals surface area contributed by atoms with Gasteiger partial charge in [0.25, 0.3) is 5.91 Å². The van der Waals surface area contributed by atoms with E-state index in [1.165, 1.54) is 24.5 Å². The van der Waals surface area contributed by atoms with Crippen molar-refractivity contribution in [3.63, 3.8) is 0 Å². The van der Waals surface area contributed by atoms with E-state index in [-0.39, 0.29) is 29.5 Å². The highest BCUT2D eigenvalue weighted by Gasteiger charge is 2.08. The molecule has 0 unspecified atom stereocenters. The second-order valence-electron chi connectivity index (χ2n) is 3.59. The van der Waals surface area contributed by atoms with Crippen molar-refractivity contribution in [2.24, 2.45) is 0 Å². The second kappa shape index (κ2) is 5.13. The van der Waals surface area contributed by atoms with E-state index in [0.717, 1.165) is 0 Å². The molecular formula is C12H11N3O3. The third-order valence-corrected chi connectivity index (χ3v) is 2.31. The van der Waals surface area contributed by atoms with Gasteiger partial charge in [0.05, 0.1) is 12.2 Å². The van der Waals surface area contributed by atoms with Crippen LogP contribution in [0.4, 0.5) is 0 Å². The molecule has 18 heavy (non-hydrogen) atoms. The van der Waals surface area contributed by atoms with E-state index >= 15 is 0 Å². The summed E-state index contributed by atoms with van der Waals surface area (Å²) < 4.78 is 0. The predicted molar refractivity (Wildman–Crippen MR) is 63.0 cm³/mol. The smallest absolute Gasteiger partial charge is 0.251 e. The standard InChI is InChI=1S/C12H11N3O3/c16-10-2-1-8(5-11(10)17)12(18)14-6-9-3-4-13-7-15-9/h1-5,7,16-17H,6H2,(H,14,18). The number of amides is 1. The third kappa shape index (κ3) is 2.73. The van der Waals surface area contributed by atoms with Gasteiger partial charge in [-0.25, -0.2) is 9.97 Å². The van der Waals surface area contributed by atoms with Crippen LogP contribution in [0.1, 0.15) is 16.1 Å². The number of benzene rings is 1. The molecular weight excluding hydrogens is 234 g/mol. The van der Waals surface area contributed by atoms with Gasteiger partial charge in [-0.3, -0.25) is 4.79 Å². The van der Waals surface area contributed by atoms with Gasteiger partial charge in [0.15, 0.2) is 11.5 Å². The van der Waals surface area contributed by atoms with Crippen LogP contribution < -0.4 is 5.32 Å². The zero-order chi connectivity index (χ0) is 13.0. The maximum Gasteiger partial charge on any atom is 0.251 e. The summed E-state index contributed by atoms with van der Waals surface area (Å²) >= 11 is 0. The van der Waals surface area contributed by atoms with Crippen molar-refractivity contribution in [2.45, 2.75) is 6.54 Å². The minimum absolute atomic E-state index is 0.262. The SMILES string of the molecule is O=C(NCc1ccncn1)c1ccc(O)c(O)c1. The summed E-state index contributed by atoms with van der Waals surface area (Å²) in [5.74, 6) is -0.948. The van der Waals surface area contributed by atoms with Gasteiger partial charge in [-0.2, -0.15) is 0 Å². The number of nitrogens with zero attached hydrogens (tertiary/aromatic N) is 2. The molecule has 2 rings (SSSR count). The summed E-state index contributed by atoms with van der Waals surface area (Å²) in [6, 6.07) is 5.57. The maximum absolute atomic E-state index is 11.7. The first-order valence-corrected chi connectivity index (χ1v) is 5.22. The van der Waals surface area contributed by atoms with E-state index < -0.39 is 0 Å². The van der Waals surface area contributed by atoms with E-state index in [4.69, 9.17) is 5.11 Å². The van der Waals surface area contributed by atoms with Gasteiger partial charge < -0.3 is 15.5 Å². The van der Waals surface area contributed by atoms with Crippen LogP contribution in [0.2, 0.25) is 0 Å². The lowest BCUT2D eigenvalue weighted by molar-refractivity contribution is 0.0950. The van der Waals surface area contributed by atoms with Gasteiger partial charge in [0.2, 0.25) is 0 Å². The van der Waals surface area contributed by atoms with Crippen molar-refractivity contribution < 1.29 is 15.0 Å². The largest absolute Gasteiger partial charge is 0.504 e. The van der Waals surface area contributed by atoms with E-state index in [1.54, 1.807) is 12.3 Å². The summed E-state index contributed by atoms with van der Waals surface area (Å²) in [4.78, 5) is 19.5. The van der Waals surface area contributed by atoms with Gasteiger partial charge >= 0.3 is 0 Å². The zero-order valence-corrected chi connectivity index (χ0v) is 9.37. The Hall–Kier alpha value is -2.63. The molecule has 1 aromatic carbocycles. The molecule has 0 saturated carbocycles. The van der Waals surface area contributed by atoms with Gasteiger partial charge in [0.1, 0.15) is 6.33 Å². The van der Waals surface area contributed by atoms with Crippen LogP contribution in [0.3, 0.4) is 0 Å². The summed E-state index contributed by atoms with van der Waals surface area (Å²) in [6.45, 7) is 0.267. The highest BCUT2D eigenvalue weighted by atomic mass is 16.3. The second-order valence-corrected chi connectivity index (χ2v) is 3.59. The molecule has 0 aliphatic heterocycles. The summed E-state index contributed by atoms with van der Waals surface area (Å²) in [7, 11) is 0. The maximum atomic E-state index is 11.7. The normalized spacial score (nSPS) is 10.0. The van der Waals surface area contributed by atoms with Crippen LogP contribution in [0.5, 0.6) is 11.5 Å².